The molecule has 72 valence electrons. The molecule has 0 saturated heterocycles. The molecule has 0 saturated carbocycles. The van der Waals surface area contributed by atoms with E-state index in [1.807, 2.05) is 0 Å². The van der Waals surface area contributed by atoms with Gasteiger partial charge in [0.05, 0.1) is 5.69 Å². The van der Waals surface area contributed by atoms with Crippen LogP contribution in [0.5, 0.6) is 0 Å². The molecule has 0 fully saturated rings. The highest BCUT2D eigenvalue weighted by atomic mass is 35.5. The van der Waals surface area contributed by atoms with Crippen LogP contribution in [-0.4, -0.2) is 6.30 Å². The Morgan fingerprint density at radius 1 is 1.15 bits per heavy atom. The normalized spacial score (nSPS) is 11.5. The van der Waals surface area contributed by atoms with E-state index in [0.29, 0.717) is 5.02 Å². The van der Waals surface area contributed by atoms with Gasteiger partial charge in [0.15, 0.2) is 0 Å². The maximum Gasteiger partial charge on any atom is 0.498 e. The van der Waals surface area contributed by atoms with E-state index in [-0.39, 0.29) is 10.7 Å². The summed E-state index contributed by atoms with van der Waals surface area (Å²) in [6.07, 6.45) is -4.58. The predicted molar refractivity (Wildman–Crippen MR) is 44.2 cm³/mol. The van der Waals surface area contributed by atoms with Crippen LogP contribution in [0.25, 0.3) is 0 Å². The van der Waals surface area contributed by atoms with Crippen LogP contribution >= 0.6 is 11.6 Å². The summed E-state index contributed by atoms with van der Waals surface area (Å²) in [5, 5.41) is 0.0860. The monoisotopic (exact) mass is 210 g/mol. The first-order valence-electron chi connectivity index (χ1n) is 3.28. The van der Waals surface area contributed by atoms with Gasteiger partial charge in [-0.15, -0.1) is 13.2 Å². The van der Waals surface area contributed by atoms with Gasteiger partial charge in [-0.3, -0.25) is 0 Å². The molecule has 1 rings (SSSR count). The van der Waals surface area contributed by atoms with E-state index in [4.69, 9.17) is 17.4 Å². The molecule has 0 aliphatic rings. The lowest BCUT2D eigenvalue weighted by Gasteiger charge is -2.20. The highest BCUT2D eigenvalue weighted by Gasteiger charge is 2.35. The van der Waals surface area contributed by atoms with E-state index in [1.54, 1.807) is 0 Å². The average molecular weight is 211 g/mol. The highest BCUT2D eigenvalue weighted by molar-refractivity contribution is 6.30. The van der Waals surface area contributed by atoms with Crippen LogP contribution in [0.1, 0.15) is 0 Å². The van der Waals surface area contributed by atoms with Crippen molar-refractivity contribution in [2.75, 3.05) is 5.01 Å². The minimum Gasteiger partial charge on any atom is -0.240 e. The van der Waals surface area contributed by atoms with Gasteiger partial charge in [-0.05, 0) is 24.3 Å². The molecular weight excluding hydrogens is 205 g/mol. The van der Waals surface area contributed by atoms with Crippen molar-refractivity contribution in [3.05, 3.63) is 29.3 Å². The second-order valence-electron chi connectivity index (χ2n) is 2.31. The number of benzene rings is 1. The second-order valence-corrected chi connectivity index (χ2v) is 2.75. The molecule has 0 amide bonds. The Labute approximate surface area is 77.7 Å². The topological polar surface area (TPSA) is 29.3 Å². The molecule has 0 radical (unpaired) electrons. The van der Waals surface area contributed by atoms with Crippen molar-refractivity contribution in [3.8, 4) is 0 Å². The fraction of sp³-hybridized carbons (Fsp3) is 0.143. The van der Waals surface area contributed by atoms with Gasteiger partial charge in [0.2, 0.25) is 0 Å². The summed E-state index contributed by atoms with van der Waals surface area (Å²) in [4.78, 5) is 0. The van der Waals surface area contributed by atoms with E-state index < -0.39 is 6.30 Å². The highest BCUT2D eigenvalue weighted by Crippen LogP contribution is 2.25. The van der Waals surface area contributed by atoms with Crippen molar-refractivity contribution in [2.45, 2.75) is 6.30 Å². The Bertz CT molecular complexity index is 283. The van der Waals surface area contributed by atoms with E-state index in [2.05, 4.69) is 0 Å². The van der Waals surface area contributed by atoms with Gasteiger partial charge in [-0.25, -0.2) is 10.9 Å². The molecule has 1 aromatic carbocycles. The smallest absolute Gasteiger partial charge is 0.240 e. The minimum absolute atomic E-state index is 0.156. The number of rotatable bonds is 1. The Morgan fingerprint density at radius 3 is 2.00 bits per heavy atom. The molecular formula is C7H6ClF3N2. The molecule has 0 atom stereocenters. The zero-order chi connectivity index (χ0) is 10.1. The summed E-state index contributed by atoms with van der Waals surface area (Å²) in [5.41, 5.74) is -0.156. The molecule has 2 N–H and O–H groups in total. The Kier molecular flexibility index (Phi) is 2.68. The minimum atomic E-state index is -4.58. The second kappa shape index (κ2) is 3.43. The number of anilines is 1. The SMILES string of the molecule is NN(c1ccc(Cl)cc1)C(F)(F)F. The molecule has 0 bridgehead atoms. The van der Waals surface area contributed by atoms with Crippen LogP contribution in [0.15, 0.2) is 24.3 Å². The maximum atomic E-state index is 12.0. The van der Waals surface area contributed by atoms with Gasteiger partial charge >= 0.3 is 6.30 Å². The van der Waals surface area contributed by atoms with E-state index in [1.165, 1.54) is 24.3 Å². The van der Waals surface area contributed by atoms with Gasteiger partial charge in [0.25, 0.3) is 0 Å². The largest absolute Gasteiger partial charge is 0.498 e. The standard InChI is InChI=1S/C7H6ClF3N2/c8-5-1-3-6(4-2-5)13(12)7(9,10)11/h1-4H,12H2. The quantitative estimate of drug-likeness (QED) is 0.439. The van der Waals surface area contributed by atoms with Crippen molar-refractivity contribution in [1.29, 1.82) is 0 Å². The zero-order valence-corrected chi connectivity index (χ0v) is 7.10. The first-order chi connectivity index (χ1) is 5.91. The fourth-order valence-electron chi connectivity index (χ4n) is 0.748. The molecule has 0 aliphatic heterocycles. The van der Waals surface area contributed by atoms with Gasteiger partial charge in [-0.1, -0.05) is 11.6 Å². The van der Waals surface area contributed by atoms with E-state index >= 15 is 0 Å². The van der Waals surface area contributed by atoms with Gasteiger partial charge < -0.3 is 0 Å². The van der Waals surface area contributed by atoms with Gasteiger partial charge in [-0.2, -0.15) is 0 Å². The van der Waals surface area contributed by atoms with Gasteiger partial charge in [0, 0.05) is 5.02 Å². The third kappa shape index (κ3) is 2.50. The van der Waals surface area contributed by atoms with E-state index in [9.17, 15) is 13.2 Å². The molecule has 0 aromatic heterocycles. The average Bonchev–Trinajstić information content (AvgIpc) is 2.03. The fourth-order valence-corrected chi connectivity index (χ4v) is 0.874. The predicted octanol–water partition coefficient (Wildman–Crippen LogP) is 2.54. The van der Waals surface area contributed by atoms with Crippen molar-refractivity contribution in [2.24, 2.45) is 5.84 Å². The third-order valence-electron chi connectivity index (χ3n) is 1.38. The molecule has 0 heterocycles. The number of halogens is 4. The first kappa shape index (κ1) is 10.1. The number of nitrogens with two attached hydrogens (primary N) is 1. The molecule has 0 aliphatic carbocycles. The van der Waals surface area contributed by atoms with E-state index in [0.717, 1.165) is 0 Å². The van der Waals surface area contributed by atoms with Crippen molar-refractivity contribution in [3.63, 3.8) is 0 Å². The summed E-state index contributed by atoms with van der Waals surface area (Å²) >= 11 is 5.49. The summed E-state index contributed by atoms with van der Waals surface area (Å²) in [6.45, 7) is 0. The molecule has 6 heteroatoms. The number of hydrogen-bond acceptors (Lipinski definition) is 2. The maximum absolute atomic E-state index is 12.0. The molecule has 0 spiro atoms. The number of nitrogens with zero attached hydrogens (tertiary/aromatic N) is 1. The number of alkyl halides is 3. The third-order valence-corrected chi connectivity index (χ3v) is 1.63. The summed E-state index contributed by atoms with van der Waals surface area (Å²) in [6, 6.07) is 5.05. The Hall–Kier alpha value is -0.940. The number of hydrogen-bond donors (Lipinski definition) is 1. The molecule has 2 nitrogen and oxygen atoms in total. The van der Waals surface area contributed by atoms with Crippen molar-refractivity contribution < 1.29 is 13.2 Å². The Balaban J connectivity index is 2.90. The van der Waals surface area contributed by atoms with Crippen LogP contribution < -0.4 is 10.9 Å². The summed E-state index contributed by atoms with van der Waals surface area (Å²) < 4.78 is 36.0. The lowest BCUT2D eigenvalue weighted by molar-refractivity contribution is -0.129. The van der Waals surface area contributed by atoms with Crippen LogP contribution in [0.3, 0.4) is 0 Å². The summed E-state index contributed by atoms with van der Waals surface area (Å²) in [7, 11) is 0. The lowest BCUT2D eigenvalue weighted by atomic mass is 10.3. The van der Waals surface area contributed by atoms with Crippen molar-refractivity contribution >= 4 is 17.3 Å². The lowest BCUT2D eigenvalue weighted by Crippen LogP contribution is -2.43. The van der Waals surface area contributed by atoms with Crippen LogP contribution in [-0.2, 0) is 0 Å². The molecule has 0 unspecified atom stereocenters. The first-order valence-corrected chi connectivity index (χ1v) is 3.66. The van der Waals surface area contributed by atoms with Crippen molar-refractivity contribution in [1.82, 2.24) is 0 Å². The Morgan fingerprint density at radius 2 is 1.62 bits per heavy atom. The van der Waals surface area contributed by atoms with Crippen LogP contribution in [0.2, 0.25) is 5.02 Å². The molecule has 1 aromatic rings. The summed E-state index contributed by atoms with van der Waals surface area (Å²) in [5.74, 6) is 4.79. The van der Waals surface area contributed by atoms with Crippen LogP contribution in [0.4, 0.5) is 18.9 Å². The zero-order valence-electron chi connectivity index (χ0n) is 6.35. The molecule has 13 heavy (non-hydrogen) atoms. The van der Waals surface area contributed by atoms with Crippen LogP contribution in [0, 0.1) is 0 Å². The number of hydrazine groups is 1. The van der Waals surface area contributed by atoms with Gasteiger partial charge in [0.1, 0.15) is 0 Å².